The predicted molar refractivity (Wildman–Crippen MR) is 78.4 cm³/mol. The molecule has 0 saturated carbocycles. The maximum atomic E-state index is 5.68. The molecule has 100 valence electrons. The van der Waals surface area contributed by atoms with Crippen LogP contribution >= 0.6 is 0 Å². The Morgan fingerprint density at radius 3 is 2.68 bits per heavy atom. The molecule has 1 atom stereocenters. The predicted octanol–water partition coefficient (Wildman–Crippen LogP) is 2.92. The summed E-state index contributed by atoms with van der Waals surface area (Å²) in [6, 6.07) is 12.8. The number of rotatable bonds is 6. The maximum Gasteiger partial charge on any atom is 0.0463 e. The monoisotopic (exact) mass is 255 g/mol. The average molecular weight is 255 g/mol. The average Bonchev–Trinajstić information content (AvgIpc) is 2.46. The van der Waals surface area contributed by atoms with Gasteiger partial charge in [-0.3, -0.25) is 16.3 Å². The van der Waals surface area contributed by atoms with Gasteiger partial charge in [0, 0.05) is 18.4 Å². The minimum atomic E-state index is 0.201. The van der Waals surface area contributed by atoms with Crippen molar-refractivity contribution in [3.05, 3.63) is 65.5 Å². The fourth-order valence-corrected chi connectivity index (χ4v) is 2.36. The molecule has 19 heavy (non-hydrogen) atoms. The fraction of sp³-hybridized carbons (Fsp3) is 0.312. The molecule has 0 radical (unpaired) electrons. The Hall–Kier alpha value is -1.71. The fourth-order valence-electron chi connectivity index (χ4n) is 2.36. The van der Waals surface area contributed by atoms with Crippen LogP contribution in [-0.2, 0) is 6.42 Å². The van der Waals surface area contributed by atoms with Crippen molar-refractivity contribution in [2.24, 2.45) is 5.84 Å². The summed E-state index contributed by atoms with van der Waals surface area (Å²) in [6.07, 6.45) is 6.93. The largest absolute Gasteiger partial charge is 0.271 e. The van der Waals surface area contributed by atoms with Crippen molar-refractivity contribution in [3.8, 4) is 0 Å². The summed E-state index contributed by atoms with van der Waals surface area (Å²) in [5, 5.41) is 0. The van der Waals surface area contributed by atoms with Crippen molar-refractivity contribution >= 4 is 0 Å². The molecule has 0 bridgehead atoms. The van der Waals surface area contributed by atoms with E-state index in [9.17, 15) is 0 Å². The Balaban J connectivity index is 1.92. The first-order chi connectivity index (χ1) is 9.31. The molecule has 0 fully saturated rings. The van der Waals surface area contributed by atoms with Crippen LogP contribution in [0.15, 0.2) is 48.8 Å². The highest BCUT2D eigenvalue weighted by molar-refractivity contribution is 5.25. The van der Waals surface area contributed by atoms with Crippen LogP contribution in [-0.4, -0.2) is 4.98 Å². The van der Waals surface area contributed by atoms with Gasteiger partial charge in [-0.2, -0.15) is 0 Å². The van der Waals surface area contributed by atoms with E-state index < -0.39 is 0 Å². The van der Waals surface area contributed by atoms with E-state index in [0.717, 1.165) is 19.3 Å². The first-order valence-corrected chi connectivity index (χ1v) is 6.72. The number of pyridine rings is 1. The van der Waals surface area contributed by atoms with Gasteiger partial charge < -0.3 is 0 Å². The van der Waals surface area contributed by atoms with Crippen LogP contribution in [0, 0.1) is 6.92 Å². The second kappa shape index (κ2) is 7.02. The van der Waals surface area contributed by atoms with Crippen LogP contribution in [0.1, 0.15) is 35.6 Å². The van der Waals surface area contributed by atoms with Crippen LogP contribution in [0.4, 0.5) is 0 Å². The molecule has 0 aliphatic rings. The molecule has 0 amide bonds. The standard InChI is InChI=1S/C16H21N3/c1-13-12-18-11-10-15(13)16(19-17)9-5-8-14-6-3-2-4-7-14/h2-4,6-7,10-12,16,19H,5,8-9,17H2,1H3. The van der Waals surface area contributed by atoms with Gasteiger partial charge in [0.2, 0.25) is 0 Å². The molecule has 0 saturated heterocycles. The number of nitrogens with zero attached hydrogens (tertiary/aromatic N) is 1. The van der Waals surface area contributed by atoms with Crippen molar-refractivity contribution < 1.29 is 0 Å². The lowest BCUT2D eigenvalue weighted by Crippen LogP contribution is -2.28. The maximum absolute atomic E-state index is 5.68. The molecule has 2 aromatic rings. The van der Waals surface area contributed by atoms with E-state index in [1.807, 2.05) is 24.5 Å². The van der Waals surface area contributed by atoms with Crippen LogP contribution in [0.25, 0.3) is 0 Å². The Bertz CT molecular complexity index is 496. The number of nitrogens with two attached hydrogens (primary N) is 1. The third-order valence-corrected chi connectivity index (χ3v) is 3.44. The van der Waals surface area contributed by atoms with Gasteiger partial charge in [-0.15, -0.1) is 0 Å². The molecule has 2 rings (SSSR count). The SMILES string of the molecule is Cc1cnccc1C(CCCc1ccccc1)NN. The van der Waals surface area contributed by atoms with Crippen molar-refractivity contribution in [3.63, 3.8) is 0 Å². The Morgan fingerprint density at radius 2 is 2.00 bits per heavy atom. The summed E-state index contributed by atoms with van der Waals surface area (Å²) in [5.41, 5.74) is 6.72. The van der Waals surface area contributed by atoms with Crippen LogP contribution in [0.2, 0.25) is 0 Å². The van der Waals surface area contributed by atoms with Crippen molar-refractivity contribution in [1.82, 2.24) is 10.4 Å². The second-order valence-electron chi connectivity index (χ2n) is 4.83. The van der Waals surface area contributed by atoms with E-state index in [1.54, 1.807) is 0 Å². The normalized spacial score (nSPS) is 12.3. The molecule has 1 unspecified atom stereocenters. The topological polar surface area (TPSA) is 50.9 Å². The Kier molecular flexibility index (Phi) is 5.07. The summed E-state index contributed by atoms with van der Waals surface area (Å²) in [6.45, 7) is 2.07. The highest BCUT2D eigenvalue weighted by Crippen LogP contribution is 2.21. The minimum Gasteiger partial charge on any atom is -0.271 e. The number of nitrogens with one attached hydrogen (secondary N) is 1. The van der Waals surface area contributed by atoms with Crippen molar-refractivity contribution in [2.45, 2.75) is 32.2 Å². The molecule has 1 aromatic heterocycles. The molecule has 3 nitrogen and oxygen atoms in total. The smallest absolute Gasteiger partial charge is 0.0463 e. The number of benzene rings is 1. The lowest BCUT2D eigenvalue weighted by molar-refractivity contribution is 0.496. The molecule has 0 spiro atoms. The molecular formula is C16H21N3. The van der Waals surface area contributed by atoms with Gasteiger partial charge in [0.15, 0.2) is 0 Å². The van der Waals surface area contributed by atoms with E-state index in [0.29, 0.717) is 0 Å². The van der Waals surface area contributed by atoms with E-state index in [1.165, 1.54) is 16.7 Å². The first kappa shape index (κ1) is 13.7. The molecule has 1 heterocycles. The Labute approximate surface area is 114 Å². The number of aromatic nitrogens is 1. The van der Waals surface area contributed by atoms with Crippen LogP contribution in [0.3, 0.4) is 0 Å². The third-order valence-electron chi connectivity index (χ3n) is 3.44. The van der Waals surface area contributed by atoms with Gasteiger partial charge in [0.25, 0.3) is 0 Å². The molecular weight excluding hydrogens is 234 g/mol. The molecule has 0 aliphatic heterocycles. The zero-order valence-electron chi connectivity index (χ0n) is 11.3. The van der Waals surface area contributed by atoms with Gasteiger partial charge in [-0.25, -0.2) is 0 Å². The number of hydrogen-bond donors (Lipinski definition) is 2. The summed E-state index contributed by atoms with van der Waals surface area (Å²) in [7, 11) is 0. The summed E-state index contributed by atoms with van der Waals surface area (Å²) in [5.74, 6) is 5.68. The number of hydrazine groups is 1. The lowest BCUT2D eigenvalue weighted by Gasteiger charge is -2.18. The highest BCUT2D eigenvalue weighted by atomic mass is 15.2. The number of hydrogen-bond acceptors (Lipinski definition) is 3. The third kappa shape index (κ3) is 3.88. The van der Waals surface area contributed by atoms with E-state index in [-0.39, 0.29) is 6.04 Å². The van der Waals surface area contributed by atoms with Gasteiger partial charge in [-0.1, -0.05) is 30.3 Å². The Morgan fingerprint density at radius 1 is 1.21 bits per heavy atom. The summed E-state index contributed by atoms with van der Waals surface area (Å²) in [4.78, 5) is 4.12. The molecule has 1 aromatic carbocycles. The van der Waals surface area contributed by atoms with Gasteiger partial charge in [-0.05, 0) is 48.9 Å². The summed E-state index contributed by atoms with van der Waals surface area (Å²) < 4.78 is 0. The quantitative estimate of drug-likeness (QED) is 0.616. The second-order valence-corrected chi connectivity index (χ2v) is 4.83. The first-order valence-electron chi connectivity index (χ1n) is 6.72. The van der Waals surface area contributed by atoms with Crippen molar-refractivity contribution in [2.75, 3.05) is 0 Å². The zero-order chi connectivity index (χ0) is 13.5. The van der Waals surface area contributed by atoms with Gasteiger partial charge >= 0.3 is 0 Å². The van der Waals surface area contributed by atoms with Crippen LogP contribution in [0.5, 0.6) is 0 Å². The van der Waals surface area contributed by atoms with Gasteiger partial charge in [0.1, 0.15) is 0 Å². The summed E-state index contributed by atoms with van der Waals surface area (Å²) >= 11 is 0. The van der Waals surface area contributed by atoms with Crippen LogP contribution < -0.4 is 11.3 Å². The minimum absolute atomic E-state index is 0.201. The van der Waals surface area contributed by atoms with E-state index in [4.69, 9.17) is 5.84 Å². The van der Waals surface area contributed by atoms with E-state index >= 15 is 0 Å². The van der Waals surface area contributed by atoms with Crippen molar-refractivity contribution in [1.29, 1.82) is 0 Å². The van der Waals surface area contributed by atoms with E-state index in [2.05, 4.69) is 41.6 Å². The molecule has 3 heteroatoms. The van der Waals surface area contributed by atoms with Gasteiger partial charge in [0.05, 0.1) is 0 Å². The molecule has 3 N–H and O–H groups in total. The number of aryl methyl sites for hydroxylation is 2. The highest BCUT2D eigenvalue weighted by Gasteiger charge is 2.11. The zero-order valence-corrected chi connectivity index (χ0v) is 11.3. The lowest BCUT2D eigenvalue weighted by atomic mass is 9.97. The molecule has 0 aliphatic carbocycles.